The van der Waals surface area contributed by atoms with Crippen molar-refractivity contribution in [2.75, 3.05) is 18.5 Å². The minimum atomic E-state index is -0.548. The third kappa shape index (κ3) is 5.59. The number of anilines is 1. The number of amides is 1. The van der Waals surface area contributed by atoms with Crippen LogP contribution in [0.5, 0.6) is 0 Å². The van der Waals surface area contributed by atoms with Crippen LogP contribution < -0.4 is 5.32 Å². The van der Waals surface area contributed by atoms with Crippen molar-refractivity contribution in [3.8, 4) is 0 Å². The molecule has 1 aliphatic heterocycles. The Kier molecular flexibility index (Phi) is 6.17. The van der Waals surface area contributed by atoms with Crippen molar-refractivity contribution in [1.29, 1.82) is 0 Å². The van der Waals surface area contributed by atoms with Crippen LogP contribution in [0.2, 0.25) is 0 Å². The fourth-order valence-corrected chi connectivity index (χ4v) is 2.65. The van der Waals surface area contributed by atoms with Gasteiger partial charge in [0, 0.05) is 12.2 Å². The van der Waals surface area contributed by atoms with Gasteiger partial charge in [0.05, 0.1) is 18.2 Å². The Balaban J connectivity index is 2.09. The number of esters is 1. The number of rotatable bonds is 4. The molecule has 6 heteroatoms. The molecule has 0 radical (unpaired) electrons. The molecule has 1 aromatic carbocycles. The molecule has 0 aliphatic carbocycles. The summed E-state index contributed by atoms with van der Waals surface area (Å²) in [4.78, 5) is 28.5. The van der Waals surface area contributed by atoms with E-state index in [0.29, 0.717) is 18.8 Å². The average molecular weight is 346 g/mol. The predicted octanol–water partition coefficient (Wildman–Crippen LogP) is 3.80. The van der Waals surface area contributed by atoms with E-state index < -0.39 is 11.7 Å². The zero-order valence-electron chi connectivity index (χ0n) is 15.3. The summed E-state index contributed by atoms with van der Waals surface area (Å²) in [7, 11) is 0. The van der Waals surface area contributed by atoms with Crippen molar-refractivity contribution < 1.29 is 19.1 Å². The molecular weight excluding hydrogens is 320 g/mol. The second-order valence-electron chi connectivity index (χ2n) is 6.92. The highest BCUT2D eigenvalue weighted by atomic mass is 16.6. The third-order valence-corrected chi connectivity index (χ3v) is 3.66. The van der Waals surface area contributed by atoms with Crippen LogP contribution in [0.4, 0.5) is 10.5 Å². The quantitative estimate of drug-likeness (QED) is 0.841. The van der Waals surface area contributed by atoms with Gasteiger partial charge in [-0.1, -0.05) is 12.1 Å². The van der Waals surface area contributed by atoms with Crippen LogP contribution in [-0.4, -0.2) is 36.5 Å². The van der Waals surface area contributed by atoms with E-state index in [4.69, 9.17) is 9.47 Å². The lowest BCUT2D eigenvalue weighted by atomic mass is 9.90. The first kappa shape index (κ1) is 19.0. The monoisotopic (exact) mass is 346 g/mol. The van der Waals surface area contributed by atoms with Gasteiger partial charge in [-0.15, -0.1) is 0 Å². The molecule has 1 heterocycles. The van der Waals surface area contributed by atoms with Gasteiger partial charge in [-0.2, -0.15) is 0 Å². The lowest BCUT2D eigenvalue weighted by Crippen LogP contribution is -2.30. The number of benzene rings is 1. The second-order valence-corrected chi connectivity index (χ2v) is 6.92. The maximum atomic E-state index is 12.2. The molecule has 1 N–H and O–H groups in total. The lowest BCUT2D eigenvalue weighted by molar-refractivity contribution is -0.145. The molecule has 1 amide bonds. The molecule has 0 unspecified atom stereocenters. The molecule has 1 aliphatic rings. The minimum Gasteiger partial charge on any atom is -0.465 e. The van der Waals surface area contributed by atoms with E-state index >= 15 is 0 Å². The second kappa shape index (κ2) is 8.14. The van der Waals surface area contributed by atoms with Crippen LogP contribution in [-0.2, 0) is 14.3 Å². The number of hydrogen-bond donors (Lipinski definition) is 1. The Morgan fingerprint density at radius 2 is 1.92 bits per heavy atom. The maximum absolute atomic E-state index is 12.2. The average Bonchev–Trinajstić information content (AvgIpc) is 2.54. The Morgan fingerprint density at radius 3 is 2.52 bits per heavy atom. The summed E-state index contributed by atoms with van der Waals surface area (Å²) in [6.45, 7) is 8.31. The first-order valence-corrected chi connectivity index (χ1v) is 8.61. The highest BCUT2D eigenvalue weighted by Crippen LogP contribution is 2.23. The van der Waals surface area contributed by atoms with E-state index in [-0.39, 0.29) is 11.9 Å². The summed E-state index contributed by atoms with van der Waals surface area (Å²) in [5.41, 5.74) is 1.70. The normalized spacial score (nSPS) is 17.4. The Morgan fingerprint density at radius 1 is 1.24 bits per heavy atom. The highest BCUT2D eigenvalue weighted by molar-refractivity contribution is 6.12. The van der Waals surface area contributed by atoms with E-state index in [1.54, 1.807) is 19.1 Å². The summed E-state index contributed by atoms with van der Waals surface area (Å²) < 4.78 is 10.4. The molecule has 6 nitrogen and oxygen atoms in total. The summed E-state index contributed by atoms with van der Waals surface area (Å²) in [6.07, 6.45) is 1.13. The van der Waals surface area contributed by atoms with Gasteiger partial charge in [-0.25, -0.2) is 4.79 Å². The molecule has 1 aromatic rings. The van der Waals surface area contributed by atoms with E-state index in [2.05, 4.69) is 10.3 Å². The molecule has 136 valence electrons. The SMILES string of the molecule is CCOC(=O)[C@H]1CCCN=C1c1ccc(NC(=O)OC(C)(C)C)cc1. The van der Waals surface area contributed by atoms with E-state index in [1.165, 1.54) is 0 Å². The highest BCUT2D eigenvalue weighted by Gasteiger charge is 2.28. The maximum Gasteiger partial charge on any atom is 0.412 e. The van der Waals surface area contributed by atoms with Crippen LogP contribution in [0, 0.1) is 5.92 Å². The lowest BCUT2D eigenvalue weighted by Gasteiger charge is -2.22. The van der Waals surface area contributed by atoms with Gasteiger partial charge in [0.1, 0.15) is 5.60 Å². The van der Waals surface area contributed by atoms with Crippen LogP contribution in [0.1, 0.15) is 46.1 Å². The molecule has 0 spiro atoms. The summed E-state index contributed by atoms with van der Waals surface area (Å²) in [5.74, 6) is -0.546. The van der Waals surface area contributed by atoms with Gasteiger partial charge in [0.25, 0.3) is 0 Å². The van der Waals surface area contributed by atoms with Gasteiger partial charge in [-0.05, 0) is 58.2 Å². The van der Waals surface area contributed by atoms with Crippen molar-refractivity contribution in [1.82, 2.24) is 0 Å². The number of nitrogens with zero attached hydrogens (tertiary/aromatic N) is 1. The Labute approximate surface area is 148 Å². The molecule has 25 heavy (non-hydrogen) atoms. The molecule has 2 rings (SSSR count). The van der Waals surface area contributed by atoms with Gasteiger partial charge in [0.15, 0.2) is 0 Å². The van der Waals surface area contributed by atoms with Crippen molar-refractivity contribution in [3.05, 3.63) is 29.8 Å². The third-order valence-electron chi connectivity index (χ3n) is 3.66. The Hall–Kier alpha value is -2.37. The number of ether oxygens (including phenoxy) is 2. The van der Waals surface area contributed by atoms with Crippen molar-refractivity contribution in [2.45, 2.75) is 46.1 Å². The fourth-order valence-electron chi connectivity index (χ4n) is 2.65. The first-order valence-electron chi connectivity index (χ1n) is 8.61. The number of carbonyl (C=O) groups is 2. The molecule has 0 fully saturated rings. The minimum absolute atomic E-state index is 0.225. The van der Waals surface area contributed by atoms with Crippen LogP contribution in [0.25, 0.3) is 0 Å². The van der Waals surface area contributed by atoms with E-state index in [0.717, 1.165) is 24.1 Å². The largest absolute Gasteiger partial charge is 0.465 e. The number of aliphatic imine (C=N–C) groups is 1. The molecule has 0 saturated carbocycles. The van der Waals surface area contributed by atoms with Crippen molar-refractivity contribution in [2.24, 2.45) is 10.9 Å². The summed E-state index contributed by atoms with van der Waals surface area (Å²) >= 11 is 0. The van der Waals surface area contributed by atoms with Crippen molar-refractivity contribution in [3.63, 3.8) is 0 Å². The zero-order valence-corrected chi connectivity index (χ0v) is 15.3. The smallest absolute Gasteiger partial charge is 0.412 e. The van der Waals surface area contributed by atoms with Gasteiger partial charge in [-0.3, -0.25) is 15.1 Å². The van der Waals surface area contributed by atoms with Gasteiger partial charge >= 0.3 is 12.1 Å². The van der Waals surface area contributed by atoms with Gasteiger partial charge in [0.2, 0.25) is 0 Å². The van der Waals surface area contributed by atoms with E-state index in [1.807, 2.05) is 32.9 Å². The van der Waals surface area contributed by atoms with Crippen molar-refractivity contribution >= 4 is 23.5 Å². The molecular formula is C19H26N2O4. The molecule has 0 saturated heterocycles. The van der Waals surface area contributed by atoms with Crippen LogP contribution in [0.15, 0.2) is 29.3 Å². The standard InChI is InChI=1S/C19H26N2O4/c1-5-24-17(22)15-7-6-12-20-16(15)13-8-10-14(11-9-13)21-18(23)25-19(2,3)4/h8-11,15H,5-7,12H2,1-4H3,(H,21,23)/t15-/m0/s1. The summed E-state index contributed by atoms with van der Waals surface area (Å²) in [5, 5.41) is 2.69. The summed E-state index contributed by atoms with van der Waals surface area (Å²) in [6, 6.07) is 7.25. The van der Waals surface area contributed by atoms with Gasteiger partial charge < -0.3 is 9.47 Å². The Bertz CT molecular complexity index is 644. The predicted molar refractivity (Wildman–Crippen MR) is 97.1 cm³/mol. The fraction of sp³-hybridized carbons (Fsp3) is 0.526. The number of carbonyl (C=O) groups excluding carboxylic acids is 2. The molecule has 0 aromatic heterocycles. The van der Waals surface area contributed by atoms with E-state index in [9.17, 15) is 9.59 Å². The first-order chi connectivity index (χ1) is 11.8. The zero-order chi connectivity index (χ0) is 18.4. The number of hydrogen-bond acceptors (Lipinski definition) is 5. The molecule has 1 atom stereocenters. The number of nitrogens with one attached hydrogen (secondary N) is 1. The van der Waals surface area contributed by atoms with Crippen LogP contribution in [0.3, 0.4) is 0 Å². The van der Waals surface area contributed by atoms with Crippen LogP contribution >= 0.6 is 0 Å². The topological polar surface area (TPSA) is 77.0 Å². The molecule has 0 bridgehead atoms.